The first-order valence-corrected chi connectivity index (χ1v) is 7.30. The van der Waals surface area contributed by atoms with Gasteiger partial charge in [0.2, 0.25) is 0 Å². The molecule has 0 aliphatic carbocycles. The molecule has 1 atom stereocenters. The minimum absolute atomic E-state index is 0.0124. The van der Waals surface area contributed by atoms with Crippen LogP contribution in [0.15, 0.2) is 54.6 Å². The number of fused-ring (bicyclic) bond motifs is 1. The summed E-state index contributed by atoms with van der Waals surface area (Å²) in [4.78, 5) is 4.53. The molecule has 0 saturated heterocycles. The molecule has 1 unspecified atom stereocenters. The van der Waals surface area contributed by atoms with Gasteiger partial charge in [0, 0.05) is 17.1 Å². The van der Waals surface area contributed by atoms with Gasteiger partial charge >= 0.3 is 0 Å². The van der Waals surface area contributed by atoms with Gasteiger partial charge in [-0.3, -0.25) is 4.98 Å². The first-order valence-electron chi connectivity index (χ1n) is 7.30. The Hall–Kier alpha value is -2.19. The second-order valence-corrected chi connectivity index (χ2v) is 5.70. The smallest absolute Gasteiger partial charge is 0.0705 e. The van der Waals surface area contributed by atoms with E-state index in [0.29, 0.717) is 0 Å². The highest BCUT2D eigenvalue weighted by Gasteiger charge is 2.08. The maximum Gasteiger partial charge on any atom is 0.0705 e. The van der Waals surface area contributed by atoms with Crippen LogP contribution in [-0.4, -0.2) is 4.98 Å². The summed E-state index contributed by atoms with van der Waals surface area (Å²) in [5.41, 5.74) is 12.1. The third kappa shape index (κ3) is 3.11. The Balaban J connectivity index is 1.85. The van der Waals surface area contributed by atoms with Crippen LogP contribution >= 0.6 is 0 Å². The third-order valence-corrected chi connectivity index (χ3v) is 3.86. The molecule has 3 rings (SSSR count). The van der Waals surface area contributed by atoms with Crippen molar-refractivity contribution in [2.45, 2.75) is 26.3 Å². The van der Waals surface area contributed by atoms with E-state index in [-0.39, 0.29) is 6.04 Å². The fraction of sp³-hybridized carbons (Fsp3) is 0.211. The number of benzene rings is 2. The molecule has 0 radical (unpaired) electrons. The van der Waals surface area contributed by atoms with Gasteiger partial charge in [0.05, 0.1) is 5.52 Å². The lowest BCUT2D eigenvalue weighted by atomic mass is 9.98. The van der Waals surface area contributed by atoms with Crippen LogP contribution in [0.2, 0.25) is 0 Å². The summed E-state index contributed by atoms with van der Waals surface area (Å²) in [6.07, 6.45) is 0.852. The molecule has 0 aliphatic rings. The molecule has 0 amide bonds. The third-order valence-electron chi connectivity index (χ3n) is 3.86. The van der Waals surface area contributed by atoms with Gasteiger partial charge < -0.3 is 5.73 Å². The largest absolute Gasteiger partial charge is 0.324 e. The van der Waals surface area contributed by atoms with Crippen molar-refractivity contribution >= 4 is 10.9 Å². The van der Waals surface area contributed by atoms with Gasteiger partial charge in [-0.25, -0.2) is 0 Å². The summed E-state index contributed by atoms with van der Waals surface area (Å²) in [6, 6.07) is 19.0. The first kappa shape index (κ1) is 13.8. The lowest BCUT2D eigenvalue weighted by Gasteiger charge is -2.13. The van der Waals surface area contributed by atoms with E-state index in [2.05, 4.69) is 60.4 Å². The number of rotatable bonds is 3. The number of nitrogens with two attached hydrogens (primary N) is 1. The standard InChI is InChI=1S/C19H20N2/c1-13-3-6-15(7-4-13)11-18(20)16-9-10-19-17(12-16)8-5-14(2)21-19/h3-10,12,18H,11,20H2,1-2H3. The Bertz CT molecular complexity index is 760. The normalized spacial score (nSPS) is 12.5. The van der Waals surface area contributed by atoms with Crippen LogP contribution in [0.25, 0.3) is 10.9 Å². The SMILES string of the molecule is Cc1ccc(CC(N)c2ccc3nc(C)ccc3c2)cc1. The molecule has 2 heteroatoms. The fourth-order valence-corrected chi connectivity index (χ4v) is 2.57. The van der Waals surface area contributed by atoms with Gasteiger partial charge in [0.1, 0.15) is 0 Å². The van der Waals surface area contributed by atoms with Crippen LogP contribution in [0.5, 0.6) is 0 Å². The van der Waals surface area contributed by atoms with Crippen molar-refractivity contribution in [3.63, 3.8) is 0 Å². The average molecular weight is 276 g/mol. The molecule has 1 aromatic heterocycles. The second-order valence-electron chi connectivity index (χ2n) is 5.70. The number of hydrogen-bond acceptors (Lipinski definition) is 2. The van der Waals surface area contributed by atoms with Gasteiger partial charge in [-0.05, 0) is 49.6 Å². The van der Waals surface area contributed by atoms with Crippen molar-refractivity contribution in [1.82, 2.24) is 4.98 Å². The van der Waals surface area contributed by atoms with Gasteiger partial charge in [-0.1, -0.05) is 42.0 Å². The van der Waals surface area contributed by atoms with E-state index in [1.807, 2.05) is 13.0 Å². The minimum atomic E-state index is 0.0124. The zero-order valence-corrected chi connectivity index (χ0v) is 12.5. The predicted octanol–water partition coefficient (Wildman–Crippen LogP) is 4.09. The summed E-state index contributed by atoms with van der Waals surface area (Å²) in [7, 11) is 0. The maximum atomic E-state index is 6.37. The topological polar surface area (TPSA) is 38.9 Å². The summed E-state index contributed by atoms with van der Waals surface area (Å²) >= 11 is 0. The molecule has 2 aromatic carbocycles. The number of hydrogen-bond donors (Lipinski definition) is 1. The van der Waals surface area contributed by atoms with Crippen molar-refractivity contribution in [3.05, 3.63) is 77.0 Å². The van der Waals surface area contributed by atoms with Crippen LogP contribution in [-0.2, 0) is 6.42 Å². The summed E-state index contributed by atoms with van der Waals surface area (Å²) in [5, 5.41) is 1.15. The van der Waals surface area contributed by atoms with Crippen molar-refractivity contribution in [2.75, 3.05) is 0 Å². The van der Waals surface area contributed by atoms with Crippen molar-refractivity contribution in [3.8, 4) is 0 Å². The van der Waals surface area contributed by atoms with Crippen LogP contribution in [0.4, 0.5) is 0 Å². The Morgan fingerprint density at radius 1 is 0.952 bits per heavy atom. The Morgan fingerprint density at radius 3 is 2.48 bits per heavy atom. The number of aryl methyl sites for hydroxylation is 2. The summed E-state index contributed by atoms with van der Waals surface area (Å²) in [6.45, 7) is 4.11. The molecular weight excluding hydrogens is 256 g/mol. The molecular formula is C19H20N2. The number of aromatic nitrogens is 1. The first-order chi connectivity index (χ1) is 10.1. The molecule has 0 saturated carbocycles. The molecule has 0 fully saturated rings. The monoisotopic (exact) mass is 276 g/mol. The lowest BCUT2D eigenvalue weighted by Crippen LogP contribution is -2.13. The van der Waals surface area contributed by atoms with Gasteiger partial charge in [-0.15, -0.1) is 0 Å². The Morgan fingerprint density at radius 2 is 1.71 bits per heavy atom. The summed E-state index contributed by atoms with van der Waals surface area (Å²) < 4.78 is 0. The molecule has 106 valence electrons. The van der Waals surface area contributed by atoms with Crippen molar-refractivity contribution < 1.29 is 0 Å². The minimum Gasteiger partial charge on any atom is -0.324 e. The van der Waals surface area contributed by atoms with E-state index in [0.717, 1.165) is 28.6 Å². The number of pyridine rings is 1. The quantitative estimate of drug-likeness (QED) is 0.782. The molecule has 0 bridgehead atoms. The van der Waals surface area contributed by atoms with Crippen molar-refractivity contribution in [1.29, 1.82) is 0 Å². The second kappa shape index (κ2) is 5.66. The Labute approximate surface area is 125 Å². The van der Waals surface area contributed by atoms with Crippen LogP contribution < -0.4 is 5.73 Å². The van der Waals surface area contributed by atoms with E-state index in [9.17, 15) is 0 Å². The van der Waals surface area contributed by atoms with E-state index < -0.39 is 0 Å². The highest BCUT2D eigenvalue weighted by atomic mass is 14.7. The molecule has 2 N–H and O–H groups in total. The van der Waals surface area contributed by atoms with Crippen LogP contribution in [0.3, 0.4) is 0 Å². The van der Waals surface area contributed by atoms with E-state index in [1.54, 1.807) is 0 Å². The fourth-order valence-electron chi connectivity index (χ4n) is 2.57. The van der Waals surface area contributed by atoms with E-state index in [1.165, 1.54) is 11.1 Å². The van der Waals surface area contributed by atoms with Gasteiger partial charge in [0.15, 0.2) is 0 Å². The zero-order chi connectivity index (χ0) is 14.8. The molecule has 3 aromatic rings. The average Bonchev–Trinajstić information content (AvgIpc) is 2.49. The van der Waals surface area contributed by atoms with E-state index >= 15 is 0 Å². The zero-order valence-electron chi connectivity index (χ0n) is 12.5. The van der Waals surface area contributed by atoms with Crippen LogP contribution in [0, 0.1) is 13.8 Å². The summed E-state index contributed by atoms with van der Waals surface area (Å²) in [5.74, 6) is 0. The van der Waals surface area contributed by atoms with E-state index in [4.69, 9.17) is 5.73 Å². The molecule has 2 nitrogen and oxygen atoms in total. The predicted molar refractivity (Wildman–Crippen MR) is 88.3 cm³/mol. The lowest BCUT2D eigenvalue weighted by molar-refractivity contribution is 0.723. The van der Waals surface area contributed by atoms with Crippen molar-refractivity contribution in [2.24, 2.45) is 5.73 Å². The molecule has 0 aliphatic heterocycles. The highest BCUT2D eigenvalue weighted by Crippen LogP contribution is 2.21. The van der Waals surface area contributed by atoms with Gasteiger partial charge in [0.25, 0.3) is 0 Å². The molecule has 21 heavy (non-hydrogen) atoms. The molecule has 1 heterocycles. The maximum absolute atomic E-state index is 6.37. The van der Waals surface area contributed by atoms with Crippen LogP contribution in [0.1, 0.15) is 28.4 Å². The number of nitrogens with zero attached hydrogens (tertiary/aromatic N) is 1. The van der Waals surface area contributed by atoms with Gasteiger partial charge in [-0.2, -0.15) is 0 Å². The highest BCUT2D eigenvalue weighted by molar-refractivity contribution is 5.79. The Kier molecular flexibility index (Phi) is 3.72. The molecule has 0 spiro atoms.